The fourth-order valence-corrected chi connectivity index (χ4v) is 3.79. The zero-order valence-electron chi connectivity index (χ0n) is 13.0. The van der Waals surface area contributed by atoms with Gasteiger partial charge in [0.2, 0.25) is 0 Å². The van der Waals surface area contributed by atoms with E-state index in [0.717, 1.165) is 15.8 Å². The second-order valence-corrected chi connectivity index (χ2v) is 6.52. The van der Waals surface area contributed by atoms with Crippen molar-refractivity contribution in [2.75, 3.05) is 7.11 Å². The molecule has 118 valence electrons. The van der Waals surface area contributed by atoms with Crippen molar-refractivity contribution in [1.29, 1.82) is 0 Å². The van der Waals surface area contributed by atoms with Crippen molar-refractivity contribution in [1.82, 2.24) is 4.57 Å². The van der Waals surface area contributed by atoms with Crippen molar-refractivity contribution in [3.8, 4) is 5.75 Å². The topological polar surface area (TPSA) is 43.6 Å². The highest BCUT2D eigenvalue weighted by atomic mass is 35.5. The predicted octanol–water partition coefficient (Wildman–Crippen LogP) is 3.95. The van der Waals surface area contributed by atoms with Gasteiger partial charge in [-0.05, 0) is 36.8 Å². The van der Waals surface area contributed by atoms with E-state index in [-0.39, 0.29) is 5.91 Å². The first kappa shape index (κ1) is 15.8. The van der Waals surface area contributed by atoms with Gasteiger partial charge >= 0.3 is 0 Å². The molecule has 0 atom stereocenters. The molecule has 0 saturated heterocycles. The Kier molecular flexibility index (Phi) is 4.24. The Morgan fingerprint density at radius 1 is 1.30 bits per heavy atom. The van der Waals surface area contributed by atoms with E-state index in [4.69, 9.17) is 16.3 Å². The van der Waals surface area contributed by atoms with E-state index >= 15 is 0 Å². The first-order valence-electron chi connectivity index (χ1n) is 6.99. The number of aromatic nitrogens is 1. The Bertz CT molecular complexity index is 972. The number of rotatable bonds is 2. The molecule has 0 fully saturated rings. The minimum Gasteiger partial charge on any atom is -0.497 e. The minimum absolute atomic E-state index is 0.306. The Morgan fingerprint density at radius 2 is 2.09 bits per heavy atom. The average molecular weight is 347 g/mol. The van der Waals surface area contributed by atoms with Crippen LogP contribution in [-0.4, -0.2) is 17.6 Å². The number of aryl methyl sites for hydroxylation is 2. The third-order valence-corrected chi connectivity index (χ3v) is 5.21. The Morgan fingerprint density at radius 3 is 2.78 bits per heavy atom. The van der Waals surface area contributed by atoms with Crippen LogP contribution in [0.2, 0.25) is 5.02 Å². The number of ether oxygens (including phenoxy) is 1. The lowest BCUT2D eigenvalue weighted by atomic mass is 10.2. The molecule has 0 aliphatic rings. The molecule has 1 aromatic heterocycles. The summed E-state index contributed by atoms with van der Waals surface area (Å²) in [6.07, 6.45) is 0. The summed E-state index contributed by atoms with van der Waals surface area (Å²) in [5.41, 5.74) is 2.59. The third kappa shape index (κ3) is 2.90. The van der Waals surface area contributed by atoms with Gasteiger partial charge in [-0.3, -0.25) is 4.79 Å². The summed E-state index contributed by atoms with van der Waals surface area (Å²) in [6.45, 7) is 2.01. The SMILES string of the molecule is COc1cccc(C(=O)N=c2sc3c(Cl)ccc(C)c3n2C)c1. The average Bonchev–Trinajstić information content (AvgIpc) is 2.89. The number of thiazole rings is 1. The zero-order valence-corrected chi connectivity index (χ0v) is 14.5. The smallest absolute Gasteiger partial charge is 0.279 e. The van der Waals surface area contributed by atoms with Gasteiger partial charge in [0.25, 0.3) is 5.91 Å². The monoisotopic (exact) mass is 346 g/mol. The lowest BCUT2D eigenvalue weighted by Crippen LogP contribution is -2.13. The van der Waals surface area contributed by atoms with Gasteiger partial charge in [-0.15, -0.1) is 0 Å². The largest absolute Gasteiger partial charge is 0.497 e. The molecule has 3 rings (SSSR count). The molecule has 0 N–H and O–H groups in total. The maximum Gasteiger partial charge on any atom is 0.279 e. The molecule has 1 heterocycles. The summed E-state index contributed by atoms with van der Waals surface area (Å²) >= 11 is 7.67. The number of carbonyl (C=O) groups excluding carboxylic acids is 1. The van der Waals surface area contributed by atoms with Crippen LogP contribution in [0.1, 0.15) is 15.9 Å². The van der Waals surface area contributed by atoms with Gasteiger partial charge < -0.3 is 9.30 Å². The van der Waals surface area contributed by atoms with E-state index in [2.05, 4.69) is 4.99 Å². The molecule has 2 aromatic carbocycles. The highest BCUT2D eigenvalue weighted by Gasteiger charge is 2.11. The van der Waals surface area contributed by atoms with Crippen LogP contribution in [0.25, 0.3) is 10.2 Å². The second-order valence-electron chi connectivity index (χ2n) is 5.13. The molecule has 0 saturated carbocycles. The molecule has 0 spiro atoms. The zero-order chi connectivity index (χ0) is 16.6. The maximum atomic E-state index is 12.4. The Balaban J connectivity index is 2.14. The van der Waals surface area contributed by atoms with Gasteiger partial charge in [0.1, 0.15) is 5.75 Å². The summed E-state index contributed by atoms with van der Waals surface area (Å²) in [5.74, 6) is 0.325. The van der Waals surface area contributed by atoms with E-state index in [1.807, 2.05) is 30.7 Å². The van der Waals surface area contributed by atoms with Crippen LogP contribution in [0, 0.1) is 6.92 Å². The van der Waals surface area contributed by atoms with E-state index in [9.17, 15) is 4.79 Å². The third-order valence-electron chi connectivity index (χ3n) is 3.61. The van der Waals surface area contributed by atoms with Crippen molar-refractivity contribution in [2.45, 2.75) is 6.92 Å². The van der Waals surface area contributed by atoms with E-state index in [1.165, 1.54) is 11.3 Å². The summed E-state index contributed by atoms with van der Waals surface area (Å²) < 4.78 is 7.98. The van der Waals surface area contributed by atoms with Crippen LogP contribution in [0.3, 0.4) is 0 Å². The highest BCUT2D eigenvalue weighted by molar-refractivity contribution is 7.17. The molecule has 23 heavy (non-hydrogen) atoms. The molecular weight excluding hydrogens is 332 g/mol. The summed E-state index contributed by atoms with van der Waals surface area (Å²) in [5, 5.41) is 0.668. The normalized spacial score (nSPS) is 11.9. The van der Waals surface area contributed by atoms with E-state index in [0.29, 0.717) is 21.1 Å². The van der Waals surface area contributed by atoms with Crippen LogP contribution in [0.5, 0.6) is 5.75 Å². The number of benzene rings is 2. The van der Waals surface area contributed by atoms with Crippen molar-refractivity contribution >= 4 is 39.1 Å². The Hall–Kier alpha value is -2.11. The minimum atomic E-state index is -0.306. The summed E-state index contributed by atoms with van der Waals surface area (Å²) in [4.78, 5) is 17.3. The van der Waals surface area contributed by atoms with Crippen molar-refractivity contribution in [3.63, 3.8) is 0 Å². The number of nitrogens with zero attached hydrogens (tertiary/aromatic N) is 2. The molecule has 0 aliphatic carbocycles. The number of hydrogen-bond donors (Lipinski definition) is 0. The molecule has 0 aliphatic heterocycles. The summed E-state index contributed by atoms with van der Waals surface area (Å²) in [6, 6.07) is 10.8. The van der Waals surface area contributed by atoms with Crippen LogP contribution in [0.4, 0.5) is 0 Å². The van der Waals surface area contributed by atoms with E-state index < -0.39 is 0 Å². The molecule has 3 aromatic rings. The number of amides is 1. The molecule has 4 nitrogen and oxygen atoms in total. The van der Waals surface area contributed by atoms with Crippen LogP contribution >= 0.6 is 22.9 Å². The highest BCUT2D eigenvalue weighted by Crippen LogP contribution is 2.28. The molecule has 0 bridgehead atoms. The lowest BCUT2D eigenvalue weighted by Gasteiger charge is -2.01. The van der Waals surface area contributed by atoms with Crippen LogP contribution in [0.15, 0.2) is 41.4 Å². The van der Waals surface area contributed by atoms with Crippen LogP contribution in [-0.2, 0) is 7.05 Å². The van der Waals surface area contributed by atoms with Crippen molar-refractivity contribution in [3.05, 3.63) is 57.3 Å². The lowest BCUT2D eigenvalue weighted by molar-refractivity contribution is 0.0997. The van der Waals surface area contributed by atoms with Crippen LogP contribution < -0.4 is 9.54 Å². The molecule has 0 unspecified atom stereocenters. The van der Waals surface area contributed by atoms with Gasteiger partial charge in [-0.25, -0.2) is 0 Å². The number of halogens is 1. The van der Waals surface area contributed by atoms with Gasteiger partial charge in [0.15, 0.2) is 4.80 Å². The molecule has 1 amide bonds. The standard InChI is InChI=1S/C17H15ClN2O2S/c1-10-7-8-13(18)15-14(10)20(2)17(23-15)19-16(21)11-5-4-6-12(9-11)22-3/h4-9H,1-3H3. The van der Waals surface area contributed by atoms with Gasteiger partial charge in [0.05, 0.1) is 22.3 Å². The maximum absolute atomic E-state index is 12.4. The first-order chi connectivity index (χ1) is 11.0. The van der Waals surface area contributed by atoms with Gasteiger partial charge in [0, 0.05) is 12.6 Å². The number of carbonyl (C=O) groups is 1. The van der Waals surface area contributed by atoms with Gasteiger partial charge in [-0.1, -0.05) is 35.1 Å². The second kappa shape index (κ2) is 6.18. The van der Waals surface area contributed by atoms with Crippen molar-refractivity contribution < 1.29 is 9.53 Å². The molecular formula is C17H15ClN2O2S. The number of hydrogen-bond acceptors (Lipinski definition) is 3. The molecule has 6 heteroatoms. The molecule has 0 radical (unpaired) electrons. The van der Waals surface area contributed by atoms with E-state index in [1.54, 1.807) is 31.4 Å². The predicted molar refractivity (Wildman–Crippen MR) is 93.4 cm³/mol. The quantitative estimate of drug-likeness (QED) is 0.705. The number of fused-ring (bicyclic) bond motifs is 1. The van der Waals surface area contributed by atoms with Crippen molar-refractivity contribution in [2.24, 2.45) is 12.0 Å². The fraction of sp³-hybridized carbons (Fsp3) is 0.176. The van der Waals surface area contributed by atoms with Gasteiger partial charge in [-0.2, -0.15) is 4.99 Å². The fourth-order valence-electron chi connectivity index (χ4n) is 2.42. The Labute approximate surface area is 142 Å². The first-order valence-corrected chi connectivity index (χ1v) is 8.18. The number of methoxy groups -OCH3 is 1. The summed E-state index contributed by atoms with van der Waals surface area (Å²) in [7, 11) is 3.46.